The highest BCUT2D eigenvalue weighted by Gasteiger charge is 2.11. The summed E-state index contributed by atoms with van der Waals surface area (Å²) in [6.07, 6.45) is 1.89. The van der Waals surface area contributed by atoms with Crippen molar-refractivity contribution in [3.05, 3.63) is 53.1 Å². The molecule has 0 spiro atoms. The Bertz CT molecular complexity index is 750. The van der Waals surface area contributed by atoms with Gasteiger partial charge in [0.05, 0.1) is 24.8 Å². The molecule has 1 amide bonds. The lowest BCUT2D eigenvalue weighted by Gasteiger charge is -2.10. The minimum absolute atomic E-state index is 0.0140. The number of hydrogen-bond acceptors (Lipinski definition) is 4. The lowest BCUT2D eigenvalue weighted by molar-refractivity contribution is -0.121. The molecular weight excluding hydrogens is 354 g/mol. The molecule has 0 radical (unpaired) electrons. The van der Waals surface area contributed by atoms with Crippen LogP contribution in [0.2, 0.25) is 5.02 Å². The standard InChI is InChI=1S/C20H22ClNO4/c21-16-5-1-2-6-17(16)24-10-3-7-20(23)22-14-15-8-9-18-19(13-15)26-12-4-11-25-18/h1-2,5-6,8-9,13H,3-4,7,10-12,14H2,(H,22,23). The molecule has 2 aromatic carbocycles. The molecule has 0 saturated heterocycles. The van der Waals surface area contributed by atoms with Crippen LogP contribution in [-0.4, -0.2) is 25.7 Å². The van der Waals surface area contributed by atoms with Gasteiger partial charge in [0.25, 0.3) is 0 Å². The molecule has 0 bridgehead atoms. The Kier molecular flexibility index (Phi) is 6.61. The average molecular weight is 376 g/mol. The van der Waals surface area contributed by atoms with Crippen molar-refractivity contribution < 1.29 is 19.0 Å². The van der Waals surface area contributed by atoms with Gasteiger partial charge in [-0.1, -0.05) is 29.8 Å². The Hall–Kier alpha value is -2.40. The molecule has 0 unspecified atom stereocenters. The van der Waals surface area contributed by atoms with Crippen LogP contribution in [0.5, 0.6) is 17.2 Å². The molecule has 0 atom stereocenters. The molecule has 0 fully saturated rings. The number of rotatable bonds is 7. The van der Waals surface area contributed by atoms with Gasteiger partial charge < -0.3 is 19.5 Å². The number of fused-ring (bicyclic) bond motifs is 1. The Morgan fingerprint density at radius 3 is 2.77 bits per heavy atom. The second-order valence-electron chi connectivity index (χ2n) is 5.99. The van der Waals surface area contributed by atoms with Crippen molar-refractivity contribution in [1.82, 2.24) is 5.32 Å². The maximum atomic E-state index is 12.0. The zero-order valence-corrected chi connectivity index (χ0v) is 15.3. The van der Waals surface area contributed by atoms with Crippen LogP contribution in [0.15, 0.2) is 42.5 Å². The summed E-state index contributed by atoms with van der Waals surface area (Å²) in [5, 5.41) is 3.49. The monoisotopic (exact) mass is 375 g/mol. The van der Waals surface area contributed by atoms with E-state index in [0.29, 0.717) is 50.0 Å². The van der Waals surface area contributed by atoms with Crippen LogP contribution in [0, 0.1) is 0 Å². The van der Waals surface area contributed by atoms with Crippen LogP contribution in [-0.2, 0) is 11.3 Å². The molecule has 1 N–H and O–H groups in total. The molecule has 138 valence electrons. The number of amides is 1. The number of benzene rings is 2. The van der Waals surface area contributed by atoms with Crippen molar-refractivity contribution in [1.29, 1.82) is 0 Å². The van der Waals surface area contributed by atoms with Gasteiger partial charge in [-0.2, -0.15) is 0 Å². The highest BCUT2D eigenvalue weighted by atomic mass is 35.5. The summed E-state index contributed by atoms with van der Waals surface area (Å²) in [5.41, 5.74) is 0.981. The van der Waals surface area contributed by atoms with Gasteiger partial charge in [-0.15, -0.1) is 0 Å². The van der Waals surface area contributed by atoms with Gasteiger partial charge in [0, 0.05) is 19.4 Å². The van der Waals surface area contributed by atoms with E-state index >= 15 is 0 Å². The topological polar surface area (TPSA) is 56.8 Å². The summed E-state index contributed by atoms with van der Waals surface area (Å²) in [6.45, 7) is 2.22. The molecule has 2 aromatic rings. The summed E-state index contributed by atoms with van der Waals surface area (Å²) < 4.78 is 16.8. The molecule has 0 saturated carbocycles. The summed E-state index contributed by atoms with van der Waals surface area (Å²) >= 11 is 6.02. The van der Waals surface area contributed by atoms with E-state index in [4.69, 9.17) is 25.8 Å². The molecule has 6 heteroatoms. The Balaban J connectivity index is 1.39. The van der Waals surface area contributed by atoms with Crippen molar-refractivity contribution >= 4 is 17.5 Å². The molecule has 0 aromatic heterocycles. The predicted octanol–water partition coefficient (Wildman–Crippen LogP) is 3.98. The number of para-hydroxylation sites is 1. The van der Waals surface area contributed by atoms with Gasteiger partial charge in [-0.25, -0.2) is 0 Å². The van der Waals surface area contributed by atoms with Gasteiger partial charge in [0.2, 0.25) is 5.91 Å². The molecule has 1 aliphatic rings. The summed E-state index contributed by atoms with van der Waals surface area (Å²) in [4.78, 5) is 12.0. The third-order valence-corrected chi connectivity index (χ3v) is 4.26. The number of hydrogen-bond donors (Lipinski definition) is 1. The average Bonchev–Trinajstić information content (AvgIpc) is 2.90. The maximum absolute atomic E-state index is 12.0. The van der Waals surface area contributed by atoms with E-state index in [1.807, 2.05) is 36.4 Å². The number of halogens is 1. The number of nitrogens with one attached hydrogen (secondary N) is 1. The first-order valence-corrected chi connectivity index (χ1v) is 9.13. The molecule has 1 aliphatic heterocycles. The van der Waals surface area contributed by atoms with Crippen molar-refractivity contribution in [3.8, 4) is 17.2 Å². The predicted molar refractivity (Wildman–Crippen MR) is 100 cm³/mol. The summed E-state index contributed by atoms with van der Waals surface area (Å²) in [7, 11) is 0. The second-order valence-corrected chi connectivity index (χ2v) is 6.40. The third-order valence-electron chi connectivity index (χ3n) is 3.94. The van der Waals surface area contributed by atoms with Gasteiger partial charge >= 0.3 is 0 Å². The minimum atomic E-state index is -0.0140. The Morgan fingerprint density at radius 2 is 1.92 bits per heavy atom. The van der Waals surface area contributed by atoms with E-state index in [2.05, 4.69) is 5.32 Å². The third kappa shape index (κ3) is 5.30. The molecular formula is C20H22ClNO4. The van der Waals surface area contributed by atoms with Crippen molar-refractivity contribution in [3.63, 3.8) is 0 Å². The number of carbonyl (C=O) groups is 1. The van der Waals surface area contributed by atoms with E-state index < -0.39 is 0 Å². The fourth-order valence-electron chi connectivity index (χ4n) is 2.58. The van der Waals surface area contributed by atoms with Crippen LogP contribution in [0.3, 0.4) is 0 Å². The van der Waals surface area contributed by atoms with E-state index in [0.717, 1.165) is 23.5 Å². The van der Waals surface area contributed by atoms with Crippen LogP contribution in [0.1, 0.15) is 24.8 Å². The largest absolute Gasteiger partial charge is 0.492 e. The fraction of sp³-hybridized carbons (Fsp3) is 0.350. The smallest absolute Gasteiger partial charge is 0.220 e. The molecule has 3 rings (SSSR count). The van der Waals surface area contributed by atoms with Crippen molar-refractivity contribution in [2.75, 3.05) is 19.8 Å². The summed E-state index contributed by atoms with van der Waals surface area (Å²) in [6, 6.07) is 13.0. The van der Waals surface area contributed by atoms with Crippen LogP contribution in [0.4, 0.5) is 0 Å². The lowest BCUT2D eigenvalue weighted by Crippen LogP contribution is -2.23. The molecule has 26 heavy (non-hydrogen) atoms. The van der Waals surface area contributed by atoms with Crippen LogP contribution >= 0.6 is 11.6 Å². The van der Waals surface area contributed by atoms with Crippen LogP contribution < -0.4 is 19.5 Å². The normalized spacial score (nSPS) is 13.0. The first-order chi connectivity index (χ1) is 12.7. The molecule has 0 aliphatic carbocycles. The summed E-state index contributed by atoms with van der Waals surface area (Å²) in [5.74, 6) is 2.12. The highest BCUT2D eigenvalue weighted by Crippen LogP contribution is 2.30. The minimum Gasteiger partial charge on any atom is -0.492 e. The van der Waals surface area contributed by atoms with Gasteiger partial charge in [0.1, 0.15) is 5.75 Å². The van der Waals surface area contributed by atoms with E-state index in [1.165, 1.54) is 0 Å². The van der Waals surface area contributed by atoms with Crippen molar-refractivity contribution in [2.45, 2.75) is 25.8 Å². The Morgan fingerprint density at radius 1 is 1.12 bits per heavy atom. The zero-order valence-electron chi connectivity index (χ0n) is 14.5. The van der Waals surface area contributed by atoms with E-state index in [1.54, 1.807) is 6.07 Å². The molecule has 5 nitrogen and oxygen atoms in total. The maximum Gasteiger partial charge on any atom is 0.220 e. The van der Waals surface area contributed by atoms with Gasteiger partial charge in [-0.05, 0) is 36.2 Å². The highest BCUT2D eigenvalue weighted by molar-refractivity contribution is 6.32. The van der Waals surface area contributed by atoms with Crippen LogP contribution in [0.25, 0.3) is 0 Å². The number of carbonyl (C=O) groups excluding carboxylic acids is 1. The Labute approximate surface area is 158 Å². The first kappa shape index (κ1) is 18.4. The quantitative estimate of drug-likeness (QED) is 0.744. The van der Waals surface area contributed by atoms with Gasteiger partial charge in [-0.3, -0.25) is 4.79 Å². The van der Waals surface area contributed by atoms with E-state index in [9.17, 15) is 4.79 Å². The first-order valence-electron chi connectivity index (χ1n) is 8.75. The lowest BCUT2D eigenvalue weighted by atomic mass is 10.2. The SMILES string of the molecule is O=C(CCCOc1ccccc1Cl)NCc1ccc2c(c1)OCCCO2. The molecule has 1 heterocycles. The second kappa shape index (κ2) is 9.34. The fourth-order valence-corrected chi connectivity index (χ4v) is 2.77. The van der Waals surface area contributed by atoms with E-state index in [-0.39, 0.29) is 5.91 Å². The zero-order chi connectivity index (χ0) is 18.2. The van der Waals surface area contributed by atoms with Crippen molar-refractivity contribution in [2.24, 2.45) is 0 Å². The number of ether oxygens (including phenoxy) is 3. The van der Waals surface area contributed by atoms with Gasteiger partial charge in [0.15, 0.2) is 11.5 Å².